The van der Waals surface area contributed by atoms with Crippen LogP contribution in [-0.2, 0) is 23.9 Å². The number of rotatable bonds is 4. The number of hydrogen-bond acceptors (Lipinski definition) is 9. The van der Waals surface area contributed by atoms with Crippen molar-refractivity contribution in [2.75, 3.05) is 39.3 Å². The number of nitrogens with zero attached hydrogens (tertiary/aromatic N) is 3. The summed E-state index contributed by atoms with van der Waals surface area (Å²) in [6.07, 6.45) is -0.0414. The molecule has 4 aliphatic heterocycles. The van der Waals surface area contributed by atoms with E-state index in [-0.39, 0.29) is 69.0 Å². The minimum Gasteiger partial charge on any atom is -0.484 e. The number of nitrogens with one attached hydrogen (secondary N) is 2. The molecule has 7 atom stereocenters. The summed E-state index contributed by atoms with van der Waals surface area (Å²) in [5.41, 5.74) is 0. The van der Waals surface area contributed by atoms with E-state index in [1.165, 1.54) is 4.90 Å². The van der Waals surface area contributed by atoms with Gasteiger partial charge in [-0.3, -0.25) is 24.1 Å². The van der Waals surface area contributed by atoms with Gasteiger partial charge in [-0.1, -0.05) is 31.0 Å². The Bertz CT molecular complexity index is 1200. The summed E-state index contributed by atoms with van der Waals surface area (Å²) in [5.74, 6) is -0.768. The van der Waals surface area contributed by atoms with Crippen LogP contribution in [-0.4, -0.2) is 136 Å². The van der Waals surface area contributed by atoms with E-state index in [4.69, 9.17) is 9.47 Å². The Morgan fingerprint density at radius 1 is 0.977 bits per heavy atom. The molecule has 5 fully saturated rings. The second-order valence-corrected chi connectivity index (χ2v) is 12.3. The van der Waals surface area contributed by atoms with Gasteiger partial charge >= 0.3 is 0 Å². The highest BCUT2D eigenvalue weighted by molar-refractivity contribution is 5.90. The molecule has 13 nitrogen and oxygen atoms in total. The molecule has 43 heavy (non-hydrogen) atoms. The summed E-state index contributed by atoms with van der Waals surface area (Å²) in [5, 5.41) is 27.0. The first-order chi connectivity index (χ1) is 20.8. The Morgan fingerprint density at radius 2 is 1.72 bits per heavy atom. The molecule has 6 rings (SSSR count). The van der Waals surface area contributed by atoms with E-state index in [2.05, 4.69) is 15.5 Å². The lowest BCUT2D eigenvalue weighted by Crippen LogP contribution is -2.64. The fourth-order valence-electron chi connectivity index (χ4n) is 7.26. The Balaban J connectivity index is 1.24. The van der Waals surface area contributed by atoms with Gasteiger partial charge in [-0.25, -0.2) is 0 Å². The topological polar surface area (TPSA) is 161 Å². The lowest BCUT2D eigenvalue weighted by atomic mass is 10.0. The summed E-state index contributed by atoms with van der Waals surface area (Å²) in [7, 11) is 0. The Hall–Kier alpha value is -3.26. The lowest BCUT2D eigenvalue weighted by Gasteiger charge is -2.42. The van der Waals surface area contributed by atoms with Crippen molar-refractivity contribution >= 4 is 23.6 Å². The van der Waals surface area contributed by atoms with E-state index < -0.39 is 42.4 Å². The van der Waals surface area contributed by atoms with Crippen molar-refractivity contribution < 1.29 is 38.9 Å². The minimum absolute atomic E-state index is 0.00705. The van der Waals surface area contributed by atoms with Crippen molar-refractivity contribution in [1.29, 1.82) is 0 Å². The summed E-state index contributed by atoms with van der Waals surface area (Å²) in [4.78, 5) is 59.3. The summed E-state index contributed by atoms with van der Waals surface area (Å²) in [6.45, 7) is 0.561. The van der Waals surface area contributed by atoms with E-state index in [0.717, 1.165) is 25.7 Å². The molecule has 4 N–H and O–H groups in total. The smallest absolute Gasteiger partial charge is 0.261 e. The van der Waals surface area contributed by atoms with Gasteiger partial charge in [-0.15, -0.1) is 0 Å². The van der Waals surface area contributed by atoms with Crippen molar-refractivity contribution in [1.82, 2.24) is 25.3 Å². The van der Waals surface area contributed by atoms with Gasteiger partial charge < -0.3 is 40.1 Å². The second-order valence-electron chi connectivity index (χ2n) is 12.3. The molecule has 0 unspecified atom stereocenters. The monoisotopic (exact) mass is 599 g/mol. The van der Waals surface area contributed by atoms with E-state index in [1.54, 1.807) is 29.2 Å². The van der Waals surface area contributed by atoms with Crippen LogP contribution in [0, 0.1) is 0 Å². The number of likely N-dealkylation sites (tertiary alicyclic amines) is 1. The van der Waals surface area contributed by atoms with Crippen LogP contribution in [0.2, 0.25) is 0 Å². The number of aliphatic hydroxyl groups excluding tert-OH is 2. The zero-order valence-electron chi connectivity index (χ0n) is 24.2. The third-order valence-corrected chi connectivity index (χ3v) is 9.53. The minimum atomic E-state index is -1.30. The Labute approximate surface area is 250 Å². The molecule has 1 saturated carbocycles. The second kappa shape index (κ2) is 12.8. The maximum absolute atomic E-state index is 14.1. The van der Waals surface area contributed by atoms with Crippen LogP contribution in [0.3, 0.4) is 0 Å². The largest absolute Gasteiger partial charge is 0.484 e. The highest BCUT2D eigenvalue weighted by atomic mass is 16.5. The predicted octanol–water partition coefficient (Wildman–Crippen LogP) is -1.38. The van der Waals surface area contributed by atoms with Crippen LogP contribution in [0.5, 0.6) is 5.75 Å². The zero-order chi connectivity index (χ0) is 30.1. The van der Waals surface area contributed by atoms with Gasteiger partial charge in [0.2, 0.25) is 17.7 Å². The molecular formula is C30H41N5O8. The number of benzene rings is 1. The number of para-hydroxylation sites is 1. The Morgan fingerprint density at radius 3 is 2.49 bits per heavy atom. The van der Waals surface area contributed by atoms with Crippen LogP contribution < -0.4 is 15.4 Å². The molecule has 1 aromatic rings. The highest BCUT2D eigenvalue weighted by Gasteiger charge is 2.48. The van der Waals surface area contributed by atoms with Gasteiger partial charge in [-0.05, 0) is 31.4 Å². The molecule has 4 heterocycles. The van der Waals surface area contributed by atoms with Gasteiger partial charge in [0.05, 0.1) is 25.1 Å². The van der Waals surface area contributed by atoms with Crippen LogP contribution in [0.25, 0.3) is 0 Å². The Kier molecular flexibility index (Phi) is 8.85. The molecule has 0 aromatic heterocycles. The molecule has 1 aromatic carbocycles. The van der Waals surface area contributed by atoms with E-state index in [0.29, 0.717) is 18.7 Å². The number of hydrogen-bond donors (Lipinski definition) is 4. The first-order valence-corrected chi connectivity index (χ1v) is 15.4. The highest BCUT2D eigenvalue weighted by Crippen LogP contribution is 2.32. The standard InChI is InChI=1S/C30H41N5O8/c36-25-13-23-27(38)28(39)24(43-23)14-31-29(40)22-16-33(10-11-34(22)26(37)17-42-20-8-2-1-3-9-20)30(41)21-12-18(32-25)15-35(21)19-6-4-5-7-19/h1-3,8-9,18-19,21-24,27-28,38-39H,4-7,10-17H2,(H,31,40)(H,32,36)/t18-,21-,22-,23-,24+,27-,28+/m0/s1. The van der Waals surface area contributed by atoms with Crippen molar-refractivity contribution in [3.05, 3.63) is 30.3 Å². The van der Waals surface area contributed by atoms with Gasteiger partial charge in [0.15, 0.2) is 6.61 Å². The fraction of sp³-hybridized carbons (Fsp3) is 0.667. The molecular weight excluding hydrogens is 558 g/mol. The average Bonchev–Trinajstić information content (AvgIpc) is 3.75. The first-order valence-electron chi connectivity index (χ1n) is 15.4. The molecule has 234 valence electrons. The number of ether oxygens (including phenoxy) is 2. The SMILES string of the molecule is O=C1C[C@@H]2O[C@H](CNC(=O)[C@@H]3CN(CCN3C(=O)COc3ccccc3)C(=O)[C@@H]3C[C@@H](CN3C3CCCC3)N1)[C@@H](O)[C@H]2O. The number of piperazine rings is 1. The van der Waals surface area contributed by atoms with Gasteiger partial charge in [-0.2, -0.15) is 0 Å². The lowest BCUT2D eigenvalue weighted by molar-refractivity contribution is -0.151. The first kappa shape index (κ1) is 29.8. The quantitative estimate of drug-likeness (QED) is 0.327. The van der Waals surface area contributed by atoms with Crippen molar-refractivity contribution in [3.63, 3.8) is 0 Å². The van der Waals surface area contributed by atoms with Crippen LogP contribution in [0.1, 0.15) is 38.5 Å². The third kappa shape index (κ3) is 6.35. The number of aliphatic hydroxyl groups is 2. The van der Waals surface area contributed by atoms with Gasteiger partial charge in [0.1, 0.15) is 30.1 Å². The number of carbonyl (C=O) groups is 4. The van der Waals surface area contributed by atoms with Crippen LogP contribution >= 0.6 is 0 Å². The predicted molar refractivity (Wildman–Crippen MR) is 152 cm³/mol. The van der Waals surface area contributed by atoms with Crippen molar-refractivity contribution in [3.8, 4) is 5.75 Å². The molecule has 1 aliphatic carbocycles. The maximum Gasteiger partial charge on any atom is 0.261 e. The van der Waals surface area contributed by atoms with E-state index in [9.17, 15) is 29.4 Å². The number of amides is 4. The van der Waals surface area contributed by atoms with Gasteiger partial charge in [0.25, 0.3) is 5.91 Å². The number of carbonyl (C=O) groups excluding carboxylic acids is 4. The normalized spacial score (nSPS) is 34.3. The average molecular weight is 600 g/mol. The van der Waals surface area contributed by atoms with Crippen LogP contribution in [0.4, 0.5) is 0 Å². The fourth-order valence-corrected chi connectivity index (χ4v) is 7.26. The summed E-state index contributed by atoms with van der Waals surface area (Å²) >= 11 is 0. The number of fused-ring (bicyclic) bond motifs is 6. The zero-order valence-corrected chi connectivity index (χ0v) is 24.2. The molecule has 4 amide bonds. The molecule has 6 bridgehead atoms. The third-order valence-electron chi connectivity index (χ3n) is 9.53. The van der Waals surface area contributed by atoms with Crippen molar-refractivity contribution in [2.24, 2.45) is 0 Å². The molecule has 0 radical (unpaired) electrons. The van der Waals surface area contributed by atoms with Crippen molar-refractivity contribution in [2.45, 2.75) is 87.1 Å². The van der Waals surface area contributed by atoms with Crippen LogP contribution in [0.15, 0.2) is 30.3 Å². The molecule has 4 saturated heterocycles. The molecule has 5 aliphatic rings. The molecule has 0 spiro atoms. The summed E-state index contributed by atoms with van der Waals surface area (Å²) < 4.78 is 11.5. The summed E-state index contributed by atoms with van der Waals surface area (Å²) in [6, 6.07) is 7.48. The van der Waals surface area contributed by atoms with Gasteiger partial charge in [0, 0.05) is 38.3 Å². The van der Waals surface area contributed by atoms with E-state index >= 15 is 0 Å². The van der Waals surface area contributed by atoms with E-state index in [1.807, 2.05) is 6.07 Å². The molecule has 13 heteroatoms. The maximum atomic E-state index is 14.1.